The molecule has 44 heavy (non-hydrogen) atoms. The van der Waals surface area contributed by atoms with E-state index < -0.39 is 5.91 Å². The van der Waals surface area contributed by atoms with Crippen LogP contribution in [0.5, 0.6) is 28.7 Å². The summed E-state index contributed by atoms with van der Waals surface area (Å²) in [6.07, 6.45) is 3.98. The maximum atomic E-state index is 11.5. The first-order chi connectivity index (χ1) is 21.2. The number of amides is 1. The van der Waals surface area contributed by atoms with Crippen LogP contribution in [0.2, 0.25) is 0 Å². The van der Waals surface area contributed by atoms with E-state index in [-0.39, 0.29) is 17.5 Å². The molecule has 1 fully saturated rings. The molecule has 0 bridgehead atoms. The van der Waals surface area contributed by atoms with Gasteiger partial charge in [-0.2, -0.15) is 5.06 Å². The van der Waals surface area contributed by atoms with Gasteiger partial charge in [0.1, 0.15) is 5.44 Å². The van der Waals surface area contributed by atoms with E-state index in [0.717, 1.165) is 32.5 Å². The maximum absolute atomic E-state index is 11.5. The predicted octanol–water partition coefficient (Wildman–Crippen LogP) is 7.54. The Morgan fingerprint density at radius 3 is 2.20 bits per heavy atom. The third-order valence-corrected chi connectivity index (χ3v) is 8.71. The van der Waals surface area contributed by atoms with Crippen molar-refractivity contribution in [3.63, 3.8) is 0 Å². The third kappa shape index (κ3) is 8.20. The molecule has 0 aromatic heterocycles. The minimum atomic E-state index is -0.482. The van der Waals surface area contributed by atoms with Crippen LogP contribution in [-0.2, 0) is 16.0 Å². The number of methoxy groups -OCH3 is 4. The van der Waals surface area contributed by atoms with Gasteiger partial charge in [0.05, 0.1) is 41.2 Å². The van der Waals surface area contributed by atoms with E-state index >= 15 is 0 Å². The monoisotopic (exact) mass is 687 g/mol. The van der Waals surface area contributed by atoms with Crippen molar-refractivity contribution in [2.45, 2.75) is 49.0 Å². The SMILES string of the molecule is COc1cc(C2COC(c3cc(OC)c(OC)c(OC)c3)C2)cc(C/C=C/N(O)C(C)=O)c1OC(C)Sc1ccc(Br)cc1. The molecule has 1 aliphatic heterocycles. The Morgan fingerprint density at radius 1 is 1.00 bits per heavy atom. The van der Waals surface area contributed by atoms with E-state index in [0.29, 0.717) is 46.8 Å². The van der Waals surface area contributed by atoms with Gasteiger partial charge in [-0.25, -0.2) is 0 Å². The van der Waals surface area contributed by atoms with Gasteiger partial charge in [-0.05, 0) is 73.4 Å². The summed E-state index contributed by atoms with van der Waals surface area (Å²) in [6.45, 7) is 3.77. The van der Waals surface area contributed by atoms with E-state index in [9.17, 15) is 10.0 Å². The number of hydroxylamine groups is 2. The van der Waals surface area contributed by atoms with E-state index in [4.69, 9.17) is 28.4 Å². The minimum absolute atomic E-state index is 0.0749. The molecule has 0 radical (unpaired) electrons. The zero-order chi connectivity index (χ0) is 31.8. The van der Waals surface area contributed by atoms with Gasteiger partial charge in [0.15, 0.2) is 23.0 Å². The van der Waals surface area contributed by atoms with Gasteiger partial charge in [0.2, 0.25) is 11.7 Å². The molecule has 3 aromatic carbocycles. The van der Waals surface area contributed by atoms with E-state index in [1.807, 2.05) is 49.4 Å². The van der Waals surface area contributed by atoms with E-state index in [1.165, 1.54) is 13.1 Å². The fourth-order valence-electron chi connectivity index (χ4n) is 5.01. The van der Waals surface area contributed by atoms with Gasteiger partial charge in [-0.1, -0.05) is 39.8 Å². The maximum Gasteiger partial charge on any atom is 0.246 e. The number of hydrogen-bond acceptors (Lipinski definition) is 9. The molecule has 11 heteroatoms. The number of hydrogen-bond donors (Lipinski definition) is 1. The van der Waals surface area contributed by atoms with Gasteiger partial charge in [-0.15, -0.1) is 0 Å². The quantitative estimate of drug-likeness (QED) is 0.0846. The molecule has 0 aliphatic carbocycles. The normalized spacial score (nSPS) is 16.9. The largest absolute Gasteiger partial charge is 0.493 e. The predicted molar refractivity (Wildman–Crippen MR) is 172 cm³/mol. The van der Waals surface area contributed by atoms with Crippen LogP contribution in [0.4, 0.5) is 0 Å². The van der Waals surface area contributed by atoms with Gasteiger partial charge in [-0.3, -0.25) is 10.0 Å². The number of nitrogens with zero attached hydrogens (tertiary/aromatic N) is 1. The van der Waals surface area contributed by atoms with E-state index in [1.54, 1.807) is 46.3 Å². The Bertz CT molecular complexity index is 1440. The van der Waals surface area contributed by atoms with Gasteiger partial charge >= 0.3 is 0 Å². The number of carbonyl (C=O) groups is 1. The Balaban J connectivity index is 1.62. The lowest BCUT2D eigenvalue weighted by Crippen LogP contribution is -2.17. The first kappa shape index (κ1) is 33.5. The van der Waals surface area contributed by atoms with Crippen LogP contribution in [0.1, 0.15) is 49.0 Å². The molecule has 3 unspecified atom stereocenters. The molecule has 1 saturated heterocycles. The molecule has 4 rings (SSSR count). The van der Waals surface area contributed by atoms with Crippen LogP contribution < -0.4 is 23.7 Å². The summed E-state index contributed by atoms with van der Waals surface area (Å²) >= 11 is 5.06. The zero-order valence-corrected chi connectivity index (χ0v) is 28.1. The van der Waals surface area contributed by atoms with Crippen molar-refractivity contribution >= 4 is 33.6 Å². The number of rotatable bonds is 13. The average molecular weight is 689 g/mol. The smallest absolute Gasteiger partial charge is 0.246 e. The third-order valence-electron chi connectivity index (χ3n) is 7.21. The number of carbonyl (C=O) groups excluding carboxylic acids is 1. The van der Waals surface area contributed by atoms with Crippen LogP contribution in [0.15, 0.2) is 70.2 Å². The Labute approximate surface area is 271 Å². The van der Waals surface area contributed by atoms with Crippen molar-refractivity contribution in [1.29, 1.82) is 0 Å². The molecular weight excluding hydrogens is 650 g/mol. The Morgan fingerprint density at radius 2 is 1.61 bits per heavy atom. The second-order valence-electron chi connectivity index (χ2n) is 10.1. The molecule has 1 amide bonds. The summed E-state index contributed by atoms with van der Waals surface area (Å²) in [5.74, 6) is 2.47. The molecule has 3 atom stereocenters. The molecular formula is C33H38BrNO8S. The molecule has 0 spiro atoms. The average Bonchev–Trinajstić information content (AvgIpc) is 3.52. The highest BCUT2D eigenvalue weighted by atomic mass is 79.9. The van der Waals surface area contributed by atoms with Crippen molar-refractivity contribution in [1.82, 2.24) is 5.06 Å². The second kappa shape index (κ2) is 15.6. The summed E-state index contributed by atoms with van der Waals surface area (Å²) in [5, 5.41) is 10.4. The molecule has 1 N–H and O–H groups in total. The summed E-state index contributed by atoms with van der Waals surface area (Å²) in [6, 6.07) is 16.0. The van der Waals surface area contributed by atoms with Crippen molar-refractivity contribution in [3.05, 3.63) is 82.0 Å². The van der Waals surface area contributed by atoms with Gasteiger partial charge in [0.25, 0.3) is 0 Å². The number of benzene rings is 3. The Kier molecular flexibility index (Phi) is 11.9. The minimum Gasteiger partial charge on any atom is -0.493 e. The molecule has 0 saturated carbocycles. The first-order valence-electron chi connectivity index (χ1n) is 14.0. The van der Waals surface area contributed by atoms with Crippen molar-refractivity contribution in [2.75, 3.05) is 35.0 Å². The molecule has 9 nitrogen and oxygen atoms in total. The standard InChI is InChI=1S/C33H38BrNO8S/c1-20(36)35(37)13-7-8-22-14-23(15-29(38-3)32(22)43-21(2)44-27-11-9-26(34)10-12-27)25-18-28(42-19-25)24-16-30(39-4)33(41-6)31(17-24)40-5/h7,9-17,21,25,28,37H,8,18-19H2,1-6H3/b13-7+. The summed E-state index contributed by atoms with van der Waals surface area (Å²) < 4.78 is 36.2. The van der Waals surface area contributed by atoms with Gasteiger partial charge in [0, 0.05) is 34.0 Å². The number of thioether (sulfide) groups is 1. The summed E-state index contributed by atoms with van der Waals surface area (Å²) in [7, 11) is 6.38. The van der Waals surface area contributed by atoms with Crippen LogP contribution >= 0.6 is 27.7 Å². The number of allylic oxidation sites excluding steroid dienone is 1. The lowest BCUT2D eigenvalue weighted by molar-refractivity contribution is -0.151. The summed E-state index contributed by atoms with van der Waals surface area (Å²) in [4.78, 5) is 12.6. The topological polar surface area (TPSA) is 95.9 Å². The molecule has 3 aromatic rings. The molecule has 1 aliphatic rings. The zero-order valence-electron chi connectivity index (χ0n) is 25.7. The van der Waals surface area contributed by atoms with Crippen molar-refractivity contribution in [2.24, 2.45) is 0 Å². The Hall–Kier alpha value is -3.38. The van der Waals surface area contributed by atoms with Crippen molar-refractivity contribution in [3.8, 4) is 28.7 Å². The van der Waals surface area contributed by atoms with Crippen LogP contribution in [0.25, 0.3) is 0 Å². The summed E-state index contributed by atoms with van der Waals surface area (Å²) in [5.41, 5.74) is 2.59. The second-order valence-corrected chi connectivity index (χ2v) is 12.4. The lowest BCUT2D eigenvalue weighted by atomic mass is 9.91. The number of ether oxygens (including phenoxy) is 6. The van der Waals surface area contributed by atoms with Crippen molar-refractivity contribution < 1.29 is 38.4 Å². The molecule has 1 heterocycles. The highest BCUT2D eigenvalue weighted by Crippen LogP contribution is 2.46. The highest BCUT2D eigenvalue weighted by molar-refractivity contribution is 9.10. The van der Waals surface area contributed by atoms with Crippen LogP contribution in [0.3, 0.4) is 0 Å². The highest BCUT2D eigenvalue weighted by Gasteiger charge is 2.31. The lowest BCUT2D eigenvalue weighted by Gasteiger charge is -2.22. The fraction of sp³-hybridized carbons (Fsp3) is 0.364. The van der Waals surface area contributed by atoms with Gasteiger partial charge < -0.3 is 28.4 Å². The first-order valence-corrected chi connectivity index (χ1v) is 15.7. The van der Waals surface area contributed by atoms with Crippen LogP contribution in [0, 0.1) is 0 Å². The molecule has 236 valence electrons. The number of halogens is 1. The van der Waals surface area contributed by atoms with Crippen LogP contribution in [-0.4, -0.2) is 56.7 Å². The van der Waals surface area contributed by atoms with E-state index in [2.05, 4.69) is 22.0 Å². The fourth-order valence-corrected chi connectivity index (χ4v) is 6.10.